The van der Waals surface area contributed by atoms with Crippen LogP contribution in [-0.4, -0.2) is 15.8 Å². The second kappa shape index (κ2) is 6.41. The average Bonchev–Trinajstić information content (AvgIpc) is 2.54. The van der Waals surface area contributed by atoms with Crippen LogP contribution in [-0.2, 0) is 13.0 Å². The second-order valence-electron chi connectivity index (χ2n) is 5.10. The van der Waals surface area contributed by atoms with Gasteiger partial charge in [0.2, 0.25) is 0 Å². The van der Waals surface area contributed by atoms with E-state index in [9.17, 15) is 0 Å². The molecule has 4 heteroatoms. The van der Waals surface area contributed by atoms with Crippen molar-refractivity contribution in [3.8, 4) is 0 Å². The Hall–Kier alpha value is -0.540. The van der Waals surface area contributed by atoms with Gasteiger partial charge in [-0.1, -0.05) is 25.4 Å². The monoisotopic (exact) mass is 257 g/mol. The summed E-state index contributed by atoms with van der Waals surface area (Å²) >= 11 is 6.26. The van der Waals surface area contributed by atoms with E-state index in [1.165, 1.54) is 0 Å². The number of aryl methyl sites for hydroxylation is 2. The Kier molecular flexibility index (Phi) is 5.47. The van der Waals surface area contributed by atoms with Crippen LogP contribution in [0.3, 0.4) is 0 Å². The first-order chi connectivity index (χ1) is 7.95. The normalized spacial score (nSPS) is 13.4. The lowest BCUT2D eigenvalue weighted by atomic mass is 10.0. The fourth-order valence-corrected chi connectivity index (χ4v) is 2.17. The third kappa shape index (κ3) is 4.00. The Morgan fingerprint density at radius 3 is 2.53 bits per heavy atom. The molecule has 0 bridgehead atoms. The molecule has 3 nitrogen and oxygen atoms in total. The number of nitrogens with zero attached hydrogens (tertiary/aromatic N) is 2. The van der Waals surface area contributed by atoms with Gasteiger partial charge < -0.3 is 5.73 Å². The Labute approximate surface area is 109 Å². The number of hydrogen-bond acceptors (Lipinski definition) is 2. The Morgan fingerprint density at radius 1 is 1.35 bits per heavy atom. The van der Waals surface area contributed by atoms with Gasteiger partial charge in [-0.3, -0.25) is 4.68 Å². The maximum atomic E-state index is 6.26. The topological polar surface area (TPSA) is 43.8 Å². The molecule has 17 heavy (non-hydrogen) atoms. The molecule has 1 rings (SSSR count). The van der Waals surface area contributed by atoms with E-state index in [4.69, 9.17) is 17.3 Å². The molecule has 0 aliphatic rings. The maximum absolute atomic E-state index is 6.26. The highest BCUT2D eigenvalue weighted by atomic mass is 35.5. The maximum Gasteiger partial charge on any atom is 0.0847 e. The summed E-state index contributed by atoms with van der Waals surface area (Å²) < 4.78 is 1.97. The van der Waals surface area contributed by atoms with Crippen LogP contribution < -0.4 is 5.73 Å². The molecule has 0 fully saturated rings. The van der Waals surface area contributed by atoms with Crippen molar-refractivity contribution < 1.29 is 0 Å². The average molecular weight is 258 g/mol. The molecule has 0 saturated heterocycles. The zero-order valence-corrected chi connectivity index (χ0v) is 12.1. The van der Waals surface area contributed by atoms with Crippen molar-refractivity contribution in [1.82, 2.24) is 9.78 Å². The van der Waals surface area contributed by atoms with Gasteiger partial charge in [-0.25, -0.2) is 0 Å². The minimum Gasteiger partial charge on any atom is -0.327 e. The summed E-state index contributed by atoms with van der Waals surface area (Å²) in [6.07, 6.45) is 3.03. The molecule has 1 atom stereocenters. The first kappa shape index (κ1) is 14.5. The van der Waals surface area contributed by atoms with Gasteiger partial charge in [0.05, 0.1) is 16.4 Å². The van der Waals surface area contributed by atoms with Crippen molar-refractivity contribution in [2.24, 2.45) is 11.7 Å². The van der Waals surface area contributed by atoms with Gasteiger partial charge in [-0.2, -0.15) is 5.10 Å². The van der Waals surface area contributed by atoms with Gasteiger partial charge in [-0.05, 0) is 32.6 Å². The van der Waals surface area contributed by atoms with Gasteiger partial charge in [0.1, 0.15) is 0 Å². The predicted molar refractivity (Wildman–Crippen MR) is 73.4 cm³/mol. The molecule has 0 amide bonds. The second-order valence-corrected chi connectivity index (χ2v) is 5.48. The fraction of sp³-hybridized carbons (Fsp3) is 0.769. The third-order valence-electron chi connectivity index (χ3n) is 3.02. The number of nitrogens with two attached hydrogens (primary N) is 1. The number of hydrogen-bond donors (Lipinski definition) is 1. The molecule has 98 valence electrons. The lowest BCUT2D eigenvalue weighted by Gasteiger charge is -2.14. The van der Waals surface area contributed by atoms with E-state index < -0.39 is 0 Å². The van der Waals surface area contributed by atoms with E-state index in [0.29, 0.717) is 5.92 Å². The van der Waals surface area contributed by atoms with E-state index in [1.807, 2.05) is 11.6 Å². The quantitative estimate of drug-likeness (QED) is 0.851. The van der Waals surface area contributed by atoms with Gasteiger partial charge >= 0.3 is 0 Å². The lowest BCUT2D eigenvalue weighted by Crippen LogP contribution is -2.25. The van der Waals surface area contributed by atoms with Crippen LogP contribution >= 0.6 is 11.6 Å². The number of aromatic nitrogens is 2. The van der Waals surface area contributed by atoms with Gasteiger partial charge in [0, 0.05) is 19.0 Å². The highest BCUT2D eigenvalue weighted by Gasteiger charge is 2.15. The molecule has 2 N–H and O–H groups in total. The molecule has 0 aliphatic carbocycles. The zero-order valence-electron chi connectivity index (χ0n) is 11.3. The van der Waals surface area contributed by atoms with Crippen LogP contribution in [0.15, 0.2) is 0 Å². The molecule has 0 aliphatic heterocycles. The van der Waals surface area contributed by atoms with Gasteiger partial charge in [0.15, 0.2) is 0 Å². The van der Waals surface area contributed by atoms with Crippen LogP contribution in [0.4, 0.5) is 0 Å². The summed E-state index contributed by atoms with van der Waals surface area (Å²) in [4.78, 5) is 0. The van der Waals surface area contributed by atoms with Gasteiger partial charge in [0.25, 0.3) is 0 Å². The van der Waals surface area contributed by atoms with Crippen molar-refractivity contribution in [1.29, 1.82) is 0 Å². The van der Waals surface area contributed by atoms with Gasteiger partial charge in [-0.15, -0.1) is 0 Å². The van der Waals surface area contributed by atoms with Crippen molar-refractivity contribution in [2.75, 3.05) is 0 Å². The smallest absolute Gasteiger partial charge is 0.0847 e. The fourth-order valence-electron chi connectivity index (χ4n) is 1.96. The molecule has 1 unspecified atom stereocenters. The third-order valence-corrected chi connectivity index (χ3v) is 3.51. The lowest BCUT2D eigenvalue weighted by molar-refractivity contribution is 0.482. The number of halogens is 1. The van der Waals surface area contributed by atoms with Crippen molar-refractivity contribution in [3.63, 3.8) is 0 Å². The first-order valence-electron chi connectivity index (χ1n) is 6.43. The molecule has 1 aromatic heterocycles. The van der Waals surface area contributed by atoms with E-state index in [0.717, 1.165) is 42.2 Å². The molecular formula is C13H24ClN3. The molecule has 0 spiro atoms. The van der Waals surface area contributed by atoms with Crippen LogP contribution in [0, 0.1) is 12.8 Å². The zero-order chi connectivity index (χ0) is 13.0. The van der Waals surface area contributed by atoms with Crippen molar-refractivity contribution in [2.45, 2.75) is 59.5 Å². The Balaban J connectivity index is 2.67. The summed E-state index contributed by atoms with van der Waals surface area (Å²) in [5.74, 6) is 0.703. The molecule has 1 heterocycles. The van der Waals surface area contributed by atoms with E-state index in [1.54, 1.807) is 0 Å². The standard InChI is InChI=1S/C13H24ClN3/c1-5-17-12(13(14)10(4)16-17)8-11(15)7-6-9(2)3/h9,11H,5-8,15H2,1-4H3. The highest BCUT2D eigenvalue weighted by molar-refractivity contribution is 6.31. The minimum atomic E-state index is 0.177. The summed E-state index contributed by atoms with van der Waals surface area (Å²) in [5, 5.41) is 5.19. The summed E-state index contributed by atoms with van der Waals surface area (Å²) in [6, 6.07) is 0.177. The van der Waals surface area contributed by atoms with Crippen LogP contribution in [0.2, 0.25) is 5.02 Å². The molecule has 0 aromatic carbocycles. The molecule has 1 aromatic rings. The molecular weight excluding hydrogens is 234 g/mol. The molecule has 0 radical (unpaired) electrons. The van der Waals surface area contributed by atoms with E-state index in [-0.39, 0.29) is 6.04 Å². The van der Waals surface area contributed by atoms with E-state index >= 15 is 0 Å². The van der Waals surface area contributed by atoms with Crippen molar-refractivity contribution in [3.05, 3.63) is 16.4 Å². The Bertz CT molecular complexity index is 358. The summed E-state index contributed by atoms with van der Waals surface area (Å²) in [6.45, 7) is 9.31. The van der Waals surface area contributed by atoms with Crippen LogP contribution in [0.1, 0.15) is 45.0 Å². The predicted octanol–water partition coefficient (Wildman–Crippen LogP) is 3.17. The first-order valence-corrected chi connectivity index (χ1v) is 6.80. The largest absolute Gasteiger partial charge is 0.327 e. The summed E-state index contributed by atoms with van der Waals surface area (Å²) in [7, 11) is 0. The van der Waals surface area contributed by atoms with E-state index in [2.05, 4.69) is 25.9 Å². The summed E-state index contributed by atoms with van der Waals surface area (Å²) in [5.41, 5.74) is 8.14. The highest BCUT2D eigenvalue weighted by Crippen LogP contribution is 2.22. The SMILES string of the molecule is CCn1nc(C)c(Cl)c1CC(N)CCC(C)C. The van der Waals surface area contributed by atoms with Crippen LogP contribution in [0.5, 0.6) is 0 Å². The minimum absolute atomic E-state index is 0.177. The molecule has 0 saturated carbocycles. The van der Waals surface area contributed by atoms with Crippen molar-refractivity contribution >= 4 is 11.6 Å². The van der Waals surface area contributed by atoms with Crippen LogP contribution in [0.25, 0.3) is 0 Å². The Morgan fingerprint density at radius 2 is 2.00 bits per heavy atom. The number of rotatable bonds is 6.